The van der Waals surface area contributed by atoms with E-state index in [2.05, 4.69) is 17.1 Å². The number of nitrogens with zero attached hydrogens (tertiary/aromatic N) is 1. The maximum absolute atomic E-state index is 5.77. The highest BCUT2D eigenvalue weighted by atomic mass is 16.5. The van der Waals surface area contributed by atoms with Crippen LogP contribution in [0.1, 0.15) is 58.3 Å². The van der Waals surface area contributed by atoms with Crippen LogP contribution in [0.3, 0.4) is 0 Å². The summed E-state index contributed by atoms with van der Waals surface area (Å²) < 4.78 is 5.77. The van der Waals surface area contributed by atoms with E-state index < -0.39 is 0 Å². The quantitative estimate of drug-likeness (QED) is 0.768. The van der Waals surface area contributed by atoms with E-state index in [4.69, 9.17) is 4.74 Å². The number of ether oxygens (including phenoxy) is 1. The highest BCUT2D eigenvalue weighted by molar-refractivity contribution is 4.87. The Morgan fingerprint density at radius 1 is 1.16 bits per heavy atom. The Balaban J connectivity index is 1.93. The maximum Gasteiger partial charge on any atom is 0.0726 e. The van der Waals surface area contributed by atoms with Crippen molar-refractivity contribution in [2.45, 2.75) is 76.5 Å². The predicted molar refractivity (Wildman–Crippen MR) is 80.6 cm³/mol. The first-order valence-electron chi connectivity index (χ1n) is 8.35. The second-order valence-electron chi connectivity index (χ2n) is 6.27. The zero-order chi connectivity index (χ0) is 13.5. The molecule has 112 valence electrons. The molecular formula is C16H32N2O. The minimum absolute atomic E-state index is 0.465. The minimum Gasteiger partial charge on any atom is -0.380 e. The lowest BCUT2D eigenvalue weighted by Gasteiger charge is -2.40. The van der Waals surface area contributed by atoms with Gasteiger partial charge in [-0.3, -0.25) is 4.90 Å². The predicted octanol–water partition coefficient (Wildman–Crippen LogP) is 2.80. The Hall–Kier alpha value is -0.120. The molecule has 1 aliphatic carbocycles. The molecule has 1 heterocycles. The molecule has 0 aromatic heterocycles. The van der Waals surface area contributed by atoms with Gasteiger partial charge in [-0.25, -0.2) is 0 Å². The van der Waals surface area contributed by atoms with Crippen molar-refractivity contribution in [1.82, 2.24) is 10.2 Å². The number of hydrogen-bond donors (Lipinski definition) is 1. The summed E-state index contributed by atoms with van der Waals surface area (Å²) in [5.74, 6) is 0. The van der Waals surface area contributed by atoms with Gasteiger partial charge in [-0.15, -0.1) is 0 Å². The van der Waals surface area contributed by atoms with Crippen molar-refractivity contribution in [2.24, 2.45) is 0 Å². The van der Waals surface area contributed by atoms with Crippen molar-refractivity contribution in [1.29, 1.82) is 0 Å². The van der Waals surface area contributed by atoms with Crippen molar-refractivity contribution in [3.8, 4) is 0 Å². The highest BCUT2D eigenvalue weighted by Gasteiger charge is 2.31. The number of nitrogens with one attached hydrogen (secondary N) is 1. The van der Waals surface area contributed by atoms with Crippen LogP contribution in [0.15, 0.2) is 0 Å². The second kappa shape index (κ2) is 8.23. The monoisotopic (exact) mass is 268 g/mol. The van der Waals surface area contributed by atoms with Crippen LogP contribution in [0.2, 0.25) is 0 Å². The van der Waals surface area contributed by atoms with Crippen LogP contribution in [-0.2, 0) is 4.74 Å². The summed E-state index contributed by atoms with van der Waals surface area (Å²) in [6, 6.07) is 1.38. The molecule has 3 heteroatoms. The van der Waals surface area contributed by atoms with Crippen LogP contribution in [-0.4, -0.2) is 49.8 Å². The Morgan fingerprint density at radius 2 is 2.00 bits per heavy atom. The third-order valence-corrected chi connectivity index (χ3v) is 4.86. The van der Waals surface area contributed by atoms with Gasteiger partial charge in [0.05, 0.1) is 6.10 Å². The SMILES string of the molecule is CCCCN(CC1CCCN1)C1CCCCC1OC. The molecule has 1 saturated heterocycles. The second-order valence-corrected chi connectivity index (χ2v) is 6.27. The first-order chi connectivity index (χ1) is 9.35. The van der Waals surface area contributed by atoms with E-state index in [0.717, 1.165) is 6.04 Å². The average Bonchev–Trinajstić information content (AvgIpc) is 2.96. The fraction of sp³-hybridized carbons (Fsp3) is 1.00. The van der Waals surface area contributed by atoms with Gasteiger partial charge in [0.25, 0.3) is 0 Å². The molecule has 0 spiro atoms. The molecule has 2 rings (SSSR count). The highest BCUT2D eigenvalue weighted by Crippen LogP contribution is 2.26. The summed E-state index contributed by atoms with van der Waals surface area (Å²) in [6.07, 6.45) is 11.1. The van der Waals surface area contributed by atoms with Crippen molar-refractivity contribution >= 4 is 0 Å². The average molecular weight is 268 g/mol. The van der Waals surface area contributed by atoms with Gasteiger partial charge in [0.1, 0.15) is 0 Å². The van der Waals surface area contributed by atoms with Crippen molar-refractivity contribution in [3.63, 3.8) is 0 Å². The molecule has 3 unspecified atom stereocenters. The van der Waals surface area contributed by atoms with Gasteiger partial charge in [0, 0.05) is 25.7 Å². The van der Waals surface area contributed by atoms with Gasteiger partial charge in [-0.1, -0.05) is 26.2 Å². The molecule has 0 radical (unpaired) electrons. The normalized spacial score (nSPS) is 32.1. The number of hydrogen-bond acceptors (Lipinski definition) is 3. The third kappa shape index (κ3) is 4.44. The summed E-state index contributed by atoms with van der Waals surface area (Å²) in [6.45, 7) is 5.98. The summed E-state index contributed by atoms with van der Waals surface area (Å²) in [5, 5.41) is 3.65. The Kier molecular flexibility index (Phi) is 6.62. The first kappa shape index (κ1) is 15.3. The van der Waals surface area contributed by atoms with E-state index in [-0.39, 0.29) is 0 Å². The van der Waals surface area contributed by atoms with E-state index in [1.165, 1.54) is 71.0 Å². The molecule has 0 aromatic rings. The molecule has 0 bridgehead atoms. The van der Waals surface area contributed by atoms with E-state index in [1.807, 2.05) is 7.11 Å². The van der Waals surface area contributed by atoms with Crippen LogP contribution in [0.5, 0.6) is 0 Å². The van der Waals surface area contributed by atoms with Crippen LogP contribution in [0.4, 0.5) is 0 Å². The van der Waals surface area contributed by atoms with Gasteiger partial charge in [-0.2, -0.15) is 0 Å². The lowest BCUT2D eigenvalue weighted by Crippen LogP contribution is -2.50. The van der Waals surface area contributed by atoms with Crippen LogP contribution in [0.25, 0.3) is 0 Å². The lowest BCUT2D eigenvalue weighted by molar-refractivity contribution is -0.0140. The largest absolute Gasteiger partial charge is 0.380 e. The first-order valence-corrected chi connectivity index (χ1v) is 8.35. The van der Waals surface area contributed by atoms with Gasteiger partial charge < -0.3 is 10.1 Å². The van der Waals surface area contributed by atoms with Crippen molar-refractivity contribution < 1.29 is 4.74 Å². The number of unbranched alkanes of at least 4 members (excludes halogenated alkanes) is 1. The zero-order valence-electron chi connectivity index (χ0n) is 12.9. The van der Waals surface area contributed by atoms with Gasteiger partial charge in [0.15, 0.2) is 0 Å². The third-order valence-electron chi connectivity index (χ3n) is 4.86. The molecule has 2 fully saturated rings. The van der Waals surface area contributed by atoms with Crippen LogP contribution < -0.4 is 5.32 Å². The van der Waals surface area contributed by atoms with E-state index in [9.17, 15) is 0 Å². The number of methoxy groups -OCH3 is 1. The topological polar surface area (TPSA) is 24.5 Å². The van der Waals surface area contributed by atoms with Gasteiger partial charge in [-0.05, 0) is 45.2 Å². The van der Waals surface area contributed by atoms with E-state index >= 15 is 0 Å². The molecule has 3 nitrogen and oxygen atoms in total. The molecule has 1 N–H and O–H groups in total. The van der Waals surface area contributed by atoms with Crippen molar-refractivity contribution in [3.05, 3.63) is 0 Å². The van der Waals surface area contributed by atoms with Crippen LogP contribution >= 0.6 is 0 Å². The molecule has 0 amide bonds. The fourth-order valence-corrected chi connectivity index (χ4v) is 3.72. The Bertz CT molecular complexity index is 241. The number of rotatable bonds is 7. The summed E-state index contributed by atoms with van der Waals surface area (Å²) >= 11 is 0. The van der Waals surface area contributed by atoms with Crippen molar-refractivity contribution in [2.75, 3.05) is 26.7 Å². The maximum atomic E-state index is 5.77. The Labute approximate surface area is 119 Å². The molecule has 1 aliphatic heterocycles. The Morgan fingerprint density at radius 3 is 2.68 bits per heavy atom. The summed E-state index contributed by atoms with van der Waals surface area (Å²) in [4.78, 5) is 2.74. The minimum atomic E-state index is 0.465. The zero-order valence-corrected chi connectivity index (χ0v) is 12.9. The fourth-order valence-electron chi connectivity index (χ4n) is 3.72. The smallest absolute Gasteiger partial charge is 0.0726 e. The van der Waals surface area contributed by atoms with Gasteiger partial charge >= 0.3 is 0 Å². The molecular weight excluding hydrogens is 236 g/mol. The van der Waals surface area contributed by atoms with Crippen LogP contribution in [0, 0.1) is 0 Å². The molecule has 3 atom stereocenters. The summed E-state index contributed by atoms with van der Waals surface area (Å²) in [7, 11) is 1.90. The van der Waals surface area contributed by atoms with E-state index in [1.54, 1.807) is 0 Å². The lowest BCUT2D eigenvalue weighted by atomic mass is 9.90. The molecule has 19 heavy (non-hydrogen) atoms. The molecule has 2 aliphatic rings. The molecule has 1 saturated carbocycles. The summed E-state index contributed by atoms with van der Waals surface area (Å²) in [5.41, 5.74) is 0. The standard InChI is InChI=1S/C16H32N2O/c1-3-4-12-18(13-14-8-7-11-17-14)15-9-5-6-10-16(15)19-2/h14-17H,3-13H2,1-2H3. The molecule has 0 aromatic carbocycles. The van der Waals surface area contributed by atoms with E-state index in [0.29, 0.717) is 12.1 Å². The van der Waals surface area contributed by atoms with Gasteiger partial charge in [0.2, 0.25) is 0 Å².